The Bertz CT molecular complexity index is 1170. The van der Waals surface area contributed by atoms with E-state index in [4.69, 9.17) is 4.74 Å². The Morgan fingerprint density at radius 3 is 2.26 bits per heavy atom. The van der Waals surface area contributed by atoms with Crippen LogP contribution in [0.2, 0.25) is 0 Å². The number of benzene rings is 3. The van der Waals surface area contributed by atoms with Gasteiger partial charge in [-0.25, -0.2) is 4.79 Å². The molecule has 6 heteroatoms. The fourth-order valence-corrected chi connectivity index (χ4v) is 5.22. The normalized spacial score (nSPS) is 17.2. The van der Waals surface area contributed by atoms with Crippen molar-refractivity contribution in [3.05, 3.63) is 101 Å². The first kappa shape index (κ1) is 28.0. The molecule has 6 nitrogen and oxygen atoms in total. The summed E-state index contributed by atoms with van der Waals surface area (Å²) < 4.78 is 5.62. The molecule has 1 saturated heterocycles. The van der Waals surface area contributed by atoms with Gasteiger partial charge in [-0.15, -0.1) is 0 Å². The summed E-state index contributed by atoms with van der Waals surface area (Å²) in [6.45, 7) is 10.4. The Morgan fingerprint density at radius 2 is 1.63 bits per heavy atom. The van der Waals surface area contributed by atoms with Crippen LogP contribution in [0.15, 0.2) is 78.9 Å². The summed E-state index contributed by atoms with van der Waals surface area (Å²) in [6, 6.07) is 24.4. The van der Waals surface area contributed by atoms with Gasteiger partial charge in [-0.3, -0.25) is 9.80 Å². The minimum Gasteiger partial charge on any atom is -0.423 e. The molecule has 2 N–H and O–H groups in total. The molecule has 202 valence electrons. The first-order valence-corrected chi connectivity index (χ1v) is 13.7. The van der Waals surface area contributed by atoms with Crippen LogP contribution in [0, 0.1) is 0 Å². The zero-order valence-electron chi connectivity index (χ0n) is 22.7. The van der Waals surface area contributed by atoms with Crippen molar-refractivity contribution >= 4 is 5.97 Å². The molecule has 38 heavy (non-hydrogen) atoms. The molecule has 0 amide bonds. The summed E-state index contributed by atoms with van der Waals surface area (Å²) in [4.78, 5) is 17.3. The second kappa shape index (κ2) is 12.7. The van der Waals surface area contributed by atoms with E-state index in [-0.39, 0.29) is 6.04 Å². The maximum absolute atomic E-state index is 12.8. The largest absolute Gasteiger partial charge is 0.423 e. The van der Waals surface area contributed by atoms with Crippen molar-refractivity contribution in [2.24, 2.45) is 0 Å². The number of carbonyl (C=O) groups excluding carboxylic acids is 1. The minimum atomic E-state index is -0.821. The van der Waals surface area contributed by atoms with Crippen LogP contribution >= 0.6 is 0 Å². The summed E-state index contributed by atoms with van der Waals surface area (Å²) in [6.07, 6.45) is 0.553. The smallest absolute Gasteiger partial charge is 0.343 e. The maximum atomic E-state index is 12.8. The van der Waals surface area contributed by atoms with Crippen molar-refractivity contribution in [2.75, 3.05) is 26.2 Å². The predicted molar refractivity (Wildman–Crippen MR) is 150 cm³/mol. The van der Waals surface area contributed by atoms with E-state index in [2.05, 4.69) is 23.6 Å². The molecule has 1 unspecified atom stereocenters. The standard InChI is InChI=1S/C32H40N2O4/c1-4-33(5-2)23-25-10-9-11-27(22-25)31(36)38-29-16-14-26(15-17-29)30(35)24(3)34-20-18-32(37,19-21-34)28-12-7-6-8-13-28/h6-17,22,24,30,35,37H,4-5,18-21,23H2,1-3H3/t24-,30?/m0/s1. The minimum absolute atomic E-state index is 0.114. The molecular weight excluding hydrogens is 476 g/mol. The van der Waals surface area contributed by atoms with E-state index in [0.29, 0.717) is 37.2 Å². The molecule has 0 aromatic heterocycles. The van der Waals surface area contributed by atoms with Gasteiger partial charge < -0.3 is 14.9 Å². The van der Waals surface area contributed by atoms with Gasteiger partial charge in [-0.1, -0.05) is 68.4 Å². The number of nitrogens with zero attached hydrogens (tertiary/aromatic N) is 2. The molecule has 0 bridgehead atoms. The van der Waals surface area contributed by atoms with Gasteiger partial charge in [-0.05, 0) is 73.8 Å². The van der Waals surface area contributed by atoms with Crippen LogP contribution in [0.3, 0.4) is 0 Å². The van der Waals surface area contributed by atoms with Gasteiger partial charge in [0.15, 0.2) is 0 Å². The van der Waals surface area contributed by atoms with E-state index in [1.165, 1.54) is 0 Å². The van der Waals surface area contributed by atoms with Gasteiger partial charge in [0, 0.05) is 25.7 Å². The molecular formula is C32H40N2O4. The highest BCUT2D eigenvalue weighted by atomic mass is 16.5. The van der Waals surface area contributed by atoms with Crippen molar-refractivity contribution in [3.8, 4) is 5.75 Å². The Morgan fingerprint density at radius 1 is 0.974 bits per heavy atom. The fourth-order valence-electron chi connectivity index (χ4n) is 5.22. The number of hydrogen-bond donors (Lipinski definition) is 2. The van der Waals surface area contributed by atoms with Crippen LogP contribution in [0.25, 0.3) is 0 Å². The number of piperidine rings is 1. The summed E-state index contributed by atoms with van der Waals surface area (Å²) in [5.74, 6) is 0.0472. The lowest BCUT2D eigenvalue weighted by molar-refractivity contribution is -0.0501. The van der Waals surface area contributed by atoms with E-state index < -0.39 is 17.7 Å². The van der Waals surface area contributed by atoms with Crippen LogP contribution in [-0.2, 0) is 12.1 Å². The molecule has 1 aliphatic heterocycles. The topological polar surface area (TPSA) is 73.2 Å². The predicted octanol–water partition coefficient (Wildman–Crippen LogP) is 5.15. The van der Waals surface area contributed by atoms with Gasteiger partial charge in [-0.2, -0.15) is 0 Å². The molecule has 3 aromatic rings. The molecule has 0 spiro atoms. The lowest BCUT2D eigenvalue weighted by Crippen LogP contribution is -2.47. The monoisotopic (exact) mass is 516 g/mol. The highest BCUT2D eigenvalue weighted by Gasteiger charge is 2.36. The SMILES string of the molecule is CCN(CC)Cc1cccc(C(=O)Oc2ccc(C(O)[C@H](C)N3CCC(O)(c4ccccc4)CC3)cc2)c1. The number of esters is 1. The average molecular weight is 517 g/mol. The van der Waals surface area contributed by atoms with Crippen molar-refractivity contribution in [2.45, 2.75) is 57.9 Å². The Labute approximate surface area is 226 Å². The third kappa shape index (κ3) is 6.69. The van der Waals surface area contributed by atoms with Crippen LogP contribution in [-0.4, -0.2) is 58.2 Å². The Balaban J connectivity index is 1.33. The van der Waals surface area contributed by atoms with E-state index in [1.807, 2.05) is 67.6 Å². The van der Waals surface area contributed by atoms with Crippen LogP contribution in [0.4, 0.5) is 0 Å². The number of likely N-dealkylation sites (tertiary alicyclic amines) is 1. The molecule has 1 aliphatic rings. The molecule has 0 radical (unpaired) electrons. The second-order valence-corrected chi connectivity index (χ2v) is 10.2. The molecule has 1 fully saturated rings. The summed E-state index contributed by atoms with van der Waals surface area (Å²) in [7, 11) is 0. The van der Waals surface area contributed by atoms with Crippen molar-refractivity contribution in [1.82, 2.24) is 9.80 Å². The van der Waals surface area contributed by atoms with Gasteiger partial charge >= 0.3 is 5.97 Å². The molecule has 3 aromatic carbocycles. The quantitative estimate of drug-likeness (QED) is 0.287. The molecule has 4 rings (SSSR count). The third-order valence-corrected chi connectivity index (χ3v) is 7.86. The lowest BCUT2D eigenvalue weighted by atomic mass is 9.83. The van der Waals surface area contributed by atoms with E-state index in [9.17, 15) is 15.0 Å². The molecule has 2 atom stereocenters. The number of carbonyl (C=O) groups is 1. The fraction of sp³-hybridized carbons (Fsp3) is 0.406. The number of hydrogen-bond acceptors (Lipinski definition) is 6. The van der Waals surface area contributed by atoms with Gasteiger partial charge in [0.2, 0.25) is 0 Å². The summed E-state index contributed by atoms with van der Waals surface area (Å²) in [5, 5.41) is 22.2. The van der Waals surface area contributed by atoms with Gasteiger partial charge in [0.25, 0.3) is 0 Å². The zero-order chi connectivity index (χ0) is 27.1. The molecule has 1 heterocycles. The third-order valence-electron chi connectivity index (χ3n) is 7.86. The lowest BCUT2D eigenvalue weighted by Gasteiger charge is -2.42. The number of rotatable bonds is 10. The highest BCUT2D eigenvalue weighted by Crippen LogP contribution is 2.35. The molecule has 0 aliphatic carbocycles. The van der Waals surface area contributed by atoms with Crippen molar-refractivity contribution < 1.29 is 19.7 Å². The second-order valence-electron chi connectivity index (χ2n) is 10.2. The van der Waals surface area contributed by atoms with Crippen LogP contribution in [0.1, 0.15) is 66.8 Å². The summed E-state index contributed by atoms with van der Waals surface area (Å²) >= 11 is 0. The molecule has 0 saturated carbocycles. The van der Waals surface area contributed by atoms with Gasteiger partial charge in [0.1, 0.15) is 5.75 Å². The van der Waals surface area contributed by atoms with Gasteiger partial charge in [0.05, 0.1) is 17.3 Å². The Kier molecular flexibility index (Phi) is 9.34. The van der Waals surface area contributed by atoms with Crippen molar-refractivity contribution in [3.63, 3.8) is 0 Å². The number of ether oxygens (including phenoxy) is 1. The van der Waals surface area contributed by atoms with E-state index in [0.717, 1.165) is 36.3 Å². The zero-order valence-corrected chi connectivity index (χ0v) is 22.7. The summed E-state index contributed by atoms with van der Waals surface area (Å²) in [5.41, 5.74) is 2.50. The van der Waals surface area contributed by atoms with Crippen LogP contribution in [0.5, 0.6) is 5.75 Å². The highest BCUT2D eigenvalue weighted by molar-refractivity contribution is 5.91. The first-order valence-electron chi connectivity index (χ1n) is 13.7. The Hall–Kier alpha value is -3.03. The number of aliphatic hydroxyl groups excluding tert-OH is 1. The number of aliphatic hydroxyl groups is 2. The van der Waals surface area contributed by atoms with Crippen LogP contribution < -0.4 is 4.74 Å². The first-order chi connectivity index (χ1) is 18.3. The average Bonchev–Trinajstić information content (AvgIpc) is 2.96. The van der Waals surface area contributed by atoms with E-state index in [1.54, 1.807) is 18.2 Å². The maximum Gasteiger partial charge on any atom is 0.343 e. The van der Waals surface area contributed by atoms with E-state index >= 15 is 0 Å². The van der Waals surface area contributed by atoms with Crippen molar-refractivity contribution in [1.29, 1.82) is 0 Å².